The van der Waals surface area contributed by atoms with Gasteiger partial charge in [-0.05, 0) is 74.7 Å². The van der Waals surface area contributed by atoms with Gasteiger partial charge in [0.15, 0.2) is 8.07 Å². The third-order valence-corrected chi connectivity index (χ3v) is 15.1. The van der Waals surface area contributed by atoms with Gasteiger partial charge in [-0.15, -0.1) is 0 Å². The van der Waals surface area contributed by atoms with Crippen LogP contribution in [0.5, 0.6) is 0 Å². The molecule has 9 aromatic rings. The first kappa shape index (κ1) is 25.7. The third kappa shape index (κ3) is 3.41. The first-order chi connectivity index (χ1) is 22.8. The van der Waals surface area contributed by atoms with E-state index in [0.717, 1.165) is 34.0 Å². The number of para-hydroxylation sites is 2. The van der Waals surface area contributed by atoms with Crippen LogP contribution >= 0.6 is 0 Å². The maximum Gasteiger partial charge on any atom is 0.180 e. The predicted octanol–water partition coefficient (Wildman–Crippen LogP) is 7.96. The van der Waals surface area contributed by atoms with Crippen molar-refractivity contribution in [3.63, 3.8) is 0 Å². The van der Waals surface area contributed by atoms with Crippen molar-refractivity contribution >= 4 is 72.6 Å². The summed E-state index contributed by atoms with van der Waals surface area (Å²) in [4.78, 5) is 0. The number of furan rings is 1. The number of aromatic nitrogens is 1. The highest BCUT2D eigenvalue weighted by molar-refractivity contribution is 7.20. The molecule has 0 aliphatic carbocycles. The molecule has 0 fully saturated rings. The monoisotopic (exact) mass is 603 g/mol. The lowest BCUT2D eigenvalue weighted by Gasteiger charge is -2.40. The molecule has 0 saturated carbocycles. The van der Waals surface area contributed by atoms with E-state index >= 15 is 0 Å². The molecule has 1 aliphatic rings. The number of fused-ring (bicyclic) bond motifs is 9. The molecular formula is C43H29NOSi. The van der Waals surface area contributed by atoms with Crippen LogP contribution < -0.4 is 20.7 Å². The zero-order chi connectivity index (χ0) is 30.2. The number of rotatable bonds is 3. The van der Waals surface area contributed by atoms with E-state index in [2.05, 4.69) is 162 Å². The summed E-state index contributed by atoms with van der Waals surface area (Å²) in [6.07, 6.45) is 0.913. The Hall–Kier alpha value is -5.64. The van der Waals surface area contributed by atoms with Gasteiger partial charge in [0.2, 0.25) is 0 Å². The number of hydrogen-bond donors (Lipinski definition) is 0. The van der Waals surface area contributed by atoms with E-state index < -0.39 is 8.07 Å². The van der Waals surface area contributed by atoms with E-state index in [-0.39, 0.29) is 0 Å². The normalized spacial score (nSPS) is 13.7. The summed E-state index contributed by atoms with van der Waals surface area (Å²) >= 11 is 0. The summed E-state index contributed by atoms with van der Waals surface area (Å²) in [5.41, 5.74) is 8.36. The summed E-state index contributed by atoms with van der Waals surface area (Å²) in [6, 6.07) is 60.6. The molecular weight excluding hydrogens is 575 g/mol. The Balaban J connectivity index is 1.34. The van der Waals surface area contributed by atoms with Gasteiger partial charge in [0.25, 0.3) is 0 Å². The summed E-state index contributed by atoms with van der Waals surface area (Å²) < 4.78 is 8.67. The zero-order valence-corrected chi connectivity index (χ0v) is 26.2. The highest BCUT2D eigenvalue weighted by Crippen LogP contribution is 2.38. The Kier molecular flexibility index (Phi) is 5.40. The topological polar surface area (TPSA) is 18.1 Å². The molecule has 1 aliphatic heterocycles. The number of nitrogens with zero attached hydrogens (tertiary/aromatic N) is 1. The van der Waals surface area contributed by atoms with E-state index in [4.69, 9.17) is 4.42 Å². The standard InChI is InChI=1S/C43H29NOSi/c1-3-14-31(15-4-1)46(32-16-5-2-6-17-32)41-22-12-7-13-29(41)27-36-42(46)26-24-38-43(36)34-19-8-10-20-37(34)44(38)30-23-25-40-35(28-30)33-18-9-11-21-39(33)45-40/h1-26,28H,27H2. The minimum Gasteiger partial charge on any atom is -0.456 e. The molecule has 0 saturated heterocycles. The fraction of sp³-hybridized carbons (Fsp3) is 0.0233. The smallest absolute Gasteiger partial charge is 0.180 e. The van der Waals surface area contributed by atoms with Crippen LogP contribution in [-0.4, -0.2) is 12.6 Å². The van der Waals surface area contributed by atoms with Gasteiger partial charge in [-0.25, -0.2) is 0 Å². The average Bonchev–Trinajstić information content (AvgIpc) is 3.67. The van der Waals surface area contributed by atoms with Crippen molar-refractivity contribution in [2.24, 2.45) is 0 Å². The van der Waals surface area contributed by atoms with E-state index in [9.17, 15) is 0 Å². The molecule has 216 valence electrons. The molecule has 46 heavy (non-hydrogen) atoms. The third-order valence-electron chi connectivity index (χ3n) is 10.2. The van der Waals surface area contributed by atoms with Gasteiger partial charge in [0.1, 0.15) is 11.2 Å². The van der Waals surface area contributed by atoms with Crippen LogP contribution in [0.15, 0.2) is 168 Å². The SMILES string of the molecule is c1ccc([Si]2(c3ccccc3)c3ccccc3Cc3c2ccc2c3c3ccccc3n2-c2ccc3oc4ccccc4c3c2)cc1. The minimum absolute atomic E-state index is 0.913. The highest BCUT2D eigenvalue weighted by atomic mass is 28.3. The van der Waals surface area contributed by atoms with Crippen LogP contribution in [0, 0.1) is 0 Å². The Bertz CT molecular complexity index is 2570. The first-order valence-corrected chi connectivity index (χ1v) is 18.0. The van der Waals surface area contributed by atoms with Gasteiger partial charge < -0.3 is 8.98 Å². The van der Waals surface area contributed by atoms with Crippen LogP contribution in [0.2, 0.25) is 0 Å². The molecule has 3 heteroatoms. The Labute approximate surface area is 267 Å². The van der Waals surface area contributed by atoms with Crippen LogP contribution in [0.3, 0.4) is 0 Å². The molecule has 0 N–H and O–H groups in total. The van der Waals surface area contributed by atoms with Crippen molar-refractivity contribution < 1.29 is 4.42 Å². The fourth-order valence-corrected chi connectivity index (χ4v) is 13.6. The Morgan fingerprint density at radius 1 is 0.478 bits per heavy atom. The predicted molar refractivity (Wildman–Crippen MR) is 194 cm³/mol. The van der Waals surface area contributed by atoms with Crippen molar-refractivity contribution in [3.05, 3.63) is 175 Å². The molecule has 0 atom stereocenters. The van der Waals surface area contributed by atoms with Gasteiger partial charge in [0, 0.05) is 27.2 Å². The molecule has 2 nitrogen and oxygen atoms in total. The summed E-state index contributed by atoms with van der Waals surface area (Å²) in [6.45, 7) is 0. The second-order valence-corrected chi connectivity index (χ2v) is 16.2. The van der Waals surface area contributed by atoms with Crippen LogP contribution in [0.4, 0.5) is 0 Å². The second kappa shape index (κ2) is 9.68. The Morgan fingerprint density at radius 3 is 1.93 bits per heavy atom. The maximum atomic E-state index is 6.21. The molecule has 0 amide bonds. The van der Waals surface area contributed by atoms with Gasteiger partial charge in [-0.3, -0.25) is 0 Å². The number of benzene rings is 7. The van der Waals surface area contributed by atoms with Crippen LogP contribution in [0.25, 0.3) is 49.4 Å². The molecule has 0 unspecified atom stereocenters. The first-order valence-electron chi connectivity index (χ1n) is 16.0. The van der Waals surface area contributed by atoms with Crippen molar-refractivity contribution in [1.82, 2.24) is 4.57 Å². The molecule has 0 spiro atoms. The zero-order valence-electron chi connectivity index (χ0n) is 25.2. The lowest BCUT2D eigenvalue weighted by Crippen LogP contribution is -2.77. The number of hydrogen-bond acceptors (Lipinski definition) is 1. The van der Waals surface area contributed by atoms with Gasteiger partial charge in [-0.2, -0.15) is 0 Å². The van der Waals surface area contributed by atoms with Crippen LogP contribution in [-0.2, 0) is 6.42 Å². The van der Waals surface area contributed by atoms with Gasteiger partial charge >= 0.3 is 0 Å². The quantitative estimate of drug-likeness (QED) is 0.187. The van der Waals surface area contributed by atoms with E-state index in [1.807, 2.05) is 6.07 Å². The average molecular weight is 604 g/mol. The fourth-order valence-electron chi connectivity index (χ4n) is 8.34. The summed E-state index contributed by atoms with van der Waals surface area (Å²) in [5.74, 6) is 0. The Morgan fingerprint density at radius 2 is 1.13 bits per heavy atom. The lowest BCUT2D eigenvalue weighted by atomic mass is 9.98. The van der Waals surface area contributed by atoms with Crippen molar-refractivity contribution in [3.8, 4) is 5.69 Å². The molecule has 0 radical (unpaired) electrons. The molecule has 3 heterocycles. The van der Waals surface area contributed by atoms with Crippen molar-refractivity contribution in [1.29, 1.82) is 0 Å². The maximum absolute atomic E-state index is 6.21. The van der Waals surface area contributed by atoms with E-state index in [1.54, 1.807) is 0 Å². The van der Waals surface area contributed by atoms with Gasteiger partial charge in [0.05, 0.1) is 11.0 Å². The lowest BCUT2D eigenvalue weighted by molar-refractivity contribution is 0.669. The molecule has 0 bridgehead atoms. The van der Waals surface area contributed by atoms with E-state index in [0.29, 0.717) is 0 Å². The molecule has 7 aromatic carbocycles. The molecule has 2 aromatic heterocycles. The highest BCUT2D eigenvalue weighted by Gasteiger charge is 2.46. The summed E-state index contributed by atoms with van der Waals surface area (Å²) in [5, 5.41) is 10.8. The summed E-state index contributed by atoms with van der Waals surface area (Å²) in [7, 11) is -2.63. The molecule has 10 rings (SSSR count). The largest absolute Gasteiger partial charge is 0.456 e. The minimum atomic E-state index is -2.63. The van der Waals surface area contributed by atoms with Crippen molar-refractivity contribution in [2.75, 3.05) is 0 Å². The van der Waals surface area contributed by atoms with Crippen LogP contribution in [0.1, 0.15) is 11.1 Å². The van der Waals surface area contributed by atoms with Gasteiger partial charge in [-0.1, -0.05) is 127 Å². The second-order valence-electron chi connectivity index (χ2n) is 12.4. The van der Waals surface area contributed by atoms with E-state index in [1.165, 1.54) is 53.7 Å². The van der Waals surface area contributed by atoms with Crippen molar-refractivity contribution in [2.45, 2.75) is 6.42 Å².